The van der Waals surface area contributed by atoms with E-state index in [-0.39, 0.29) is 12.1 Å². The largest absolute Gasteiger partial charge is 0.489 e. The number of aromatic nitrogens is 2. The molecule has 2 aromatic rings. The molecule has 2 aliphatic rings. The minimum Gasteiger partial charge on any atom is -0.489 e. The van der Waals surface area contributed by atoms with Gasteiger partial charge in [0.1, 0.15) is 24.5 Å². The summed E-state index contributed by atoms with van der Waals surface area (Å²) in [6.07, 6.45) is 3.28. The van der Waals surface area contributed by atoms with Crippen molar-refractivity contribution in [2.24, 2.45) is 0 Å². The van der Waals surface area contributed by atoms with Crippen LogP contribution in [0.3, 0.4) is 0 Å². The van der Waals surface area contributed by atoms with Crippen molar-refractivity contribution in [1.29, 1.82) is 0 Å². The number of anilines is 2. The number of fused-ring (bicyclic) bond motifs is 1. The van der Waals surface area contributed by atoms with Gasteiger partial charge in [-0.1, -0.05) is 11.6 Å². The van der Waals surface area contributed by atoms with E-state index in [0.717, 1.165) is 24.6 Å². The Kier molecular flexibility index (Phi) is 4.55. The van der Waals surface area contributed by atoms with Crippen LogP contribution >= 0.6 is 11.6 Å². The summed E-state index contributed by atoms with van der Waals surface area (Å²) in [7, 11) is 0. The summed E-state index contributed by atoms with van der Waals surface area (Å²) >= 11 is 6.05. The number of rotatable bonds is 1. The fourth-order valence-corrected chi connectivity index (χ4v) is 3.53. The lowest BCUT2D eigenvalue weighted by Gasteiger charge is -2.41. The zero-order valence-corrected chi connectivity index (χ0v) is 15.3. The predicted octanol–water partition coefficient (Wildman–Crippen LogP) is 2.66. The van der Waals surface area contributed by atoms with Crippen LogP contribution in [0.25, 0.3) is 0 Å². The van der Waals surface area contributed by atoms with Crippen LogP contribution in [-0.2, 0) is 0 Å². The smallest absolute Gasteiger partial charge is 0.325 e. The highest BCUT2D eigenvalue weighted by molar-refractivity contribution is 6.30. The maximum Gasteiger partial charge on any atom is 0.325 e. The summed E-state index contributed by atoms with van der Waals surface area (Å²) in [5.41, 5.74) is 0.774. The number of amides is 2. The molecule has 0 N–H and O–H groups in total. The Balaban J connectivity index is 1.49. The zero-order valence-electron chi connectivity index (χ0n) is 14.5. The van der Waals surface area contributed by atoms with Gasteiger partial charge in [-0.25, -0.2) is 14.8 Å². The summed E-state index contributed by atoms with van der Waals surface area (Å²) in [4.78, 5) is 27.3. The summed E-state index contributed by atoms with van der Waals surface area (Å²) in [6, 6.07) is 7.26. The van der Waals surface area contributed by atoms with Crippen molar-refractivity contribution in [2.75, 3.05) is 42.6 Å². The Bertz CT molecular complexity index is 795. The van der Waals surface area contributed by atoms with Crippen molar-refractivity contribution in [1.82, 2.24) is 14.9 Å². The molecule has 136 valence electrons. The highest BCUT2D eigenvalue weighted by atomic mass is 35.5. The van der Waals surface area contributed by atoms with Gasteiger partial charge in [0.25, 0.3) is 0 Å². The van der Waals surface area contributed by atoms with Gasteiger partial charge in [-0.05, 0) is 25.1 Å². The highest BCUT2D eigenvalue weighted by Crippen LogP contribution is 2.36. The van der Waals surface area contributed by atoms with E-state index in [1.165, 1.54) is 0 Å². The van der Waals surface area contributed by atoms with Gasteiger partial charge in [0.2, 0.25) is 0 Å². The van der Waals surface area contributed by atoms with Crippen molar-refractivity contribution < 1.29 is 9.53 Å². The van der Waals surface area contributed by atoms with E-state index in [1.54, 1.807) is 24.7 Å². The third-order valence-electron chi connectivity index (χ3n) is 4.75. The van der Waals surface area contributed by atoms with Gasteiger partial charge in [-0.15, -0.1) is 0 Å². The Hall–Kier alpha value is -2.54. The number of hydrogen-bond donors (Lipinski definition) is 0. The second kappa shape index (κ2) is 6.99. The quantitative estimate of drug-likeness (QED) is 0.769. The molecule has 26 heavy (non-hydrogen) atoms. The molecule has 8 heteroatoms. The van der Waals surface area contributed by atoms with Crippen molar-refractivity contribution in [3.63, 3.8) is 0 Å². The third kappa shape index (κ3) is 3.14. The van der Waals surface area contributed by atoms with E-state index in [2.05, 4.69) is 14.9 Å². The number of urea groups is 1. The van der Waals surface area contributed by atoms with Gasteiger partial charge in [0.05, 0.1) is 11.7 Å². The number of nitrogens with zero attached hydrogens (tertiary/aromatic N) is 5. The summed E-state index contributed by atoms with van der Waals surface area (Å²) in [6.45, 7) is 5.24. The first-order valence-electron chi connectivity index (χ1n) is 8.65. The van der Waals surface area contributed by atoms with E-state index in [9.17, 15) is 4.79 Å². The van der Waals surface area contributed by atoms with Gasteiger partial charge in [-0.3, -0.25) is 4.90 Å². The molecule has 0 radical (unpaired) electrons. The third-order valence-corrected chi connectivity index (χ3v) is 4.98. The molecular formula is C18H20ClN5O2. The number of piperazine rings is 1. The lowest BCUT2D eigenvalue weighted by molar-refractivity contribution is 0.190. The van der Waals surface area contributed by atoms with Gasteiger partial charge >= 0.3 is 6.03 Å². The van der Waals surface area contributed by atoms with Crippen LogP contribution in [0.15, 0.2) is 36.8 Å². The van der Waals surface area contributed by atoms with Crippen molar-refractivity contribution in [3.8, 4) is 5.75 Å². The summed E-state index contributed by atoms with van der Waals surface area (Å²) in [5.74, 6) is 1.55. The molecule has 3 heterocycles. The van der Waals surface area contributed by atoms with Crippen LogP contribution in [0.1, 0.15) is 6.92 Å². The molecule has 1 saturated heterocycles. The molecule has 2 amide bonds. The molecule has 0 spiro atoms. The van der Waals surface area contributed by atoms with Crippen LogP contribution in [0.5, 0.6) is 5.75 Å². The van der Waals surface area contributed by atoms with Crippen LogP contribution in [0.4, 0.5) is 16.3 Å². The predicted molar refractivity (Wildman–Crippen MR) is 100 cm³/mol. The number of halogens is 1. The molecule has 0 bridgehead atoms. The van der Waals surface area contributed by atoms with Crippen LogP contribution < -0.4 is 14.5 Å². The molecule has 7 nitrogen and oxygen atoms in total. The molecule has 1 fully saturated rings. The Morgan fingerprint density at radius 1 is 1.23 bits per heavy atom. The first kappa shape index (κ1) is 16.9. The molecule has 1 unspecified atom stereocenters. The lowest BCUT2D eigenvalue weighted by atomic mass is 10.1. The molecule has 2 aliphatic heterocycles. The number of hydrogen-bond acceptors (Lipinski definition) is 5. The van der Waals surface area contributed by atoms with Crippen molar-refractivity contribution in [3.05, 3.63) is 41.8 Å². The molecule has 4 rings (SSSR count). The Morgan fingerprint density at radius 3 is 2.77 bits per heavy atom. The van der Waals surface area contributed by atoms with E-state index in [0.29, 0.717) is 30.5 Å². The topological polar surface area (TPSA) is 61.8 Å². The number of carbonyl (C=O) groups excluding carboxylic acids is 1. The molecule has 1 atom stereocenters. The summed E-state index contributed by atoms with van der Waals surface area (Å²) in [5, 5.41) is 0.601. The van der Waals surface area contributed by atoms with E-state index >= 15 is 0 Å². The number of carbonyl (C=O) groups is 1. The fourth-order valence-electron chi connectivity index (χ4n) is 3.37. The SMILES string of the molecule is CC1COc2cc(Cl)ccc2N1C(=O)N1CCN(c2ccncn2)CC1. The Morgan fingerprint density at radius 2 is 2.04 bits per heavy atom. The second-order valence-corrected chi connectivity index (χ2v) is 6.90. The lowest BCUT2D eigenvalue weighted by Crippen LogP contribution is -2.56. The number of benzene rings is 1. The fraction of sp³-hybridized carbons (Fsp3) is 0.389. The van der Waals surface area contributed by atoms with Crippen LogP contribution in [0.2, 0.25) is 5.02 Å². The van der Waals surface area contributed by atoms with E-state index in [4.69, 9.17) is 16.3 Å². The van der Waals surface area contributed by atoms with Crippen LogP contribution in [-0.4, -0.2) is 59.7 Å². The maximum atomic E-state index is 13.2. The van der Waals surface area contributed by atoms with Crippen LogP contribution in [0, 0.1) is 0 Å². The second-order valence-electron chi connectivity index (χ2n) is 6.47. The van der Waals surface area contributed by atoms with Crippen molar-refractivity contribution in [2.45, 2.75) is 13.0 Å². The van der Waals surface area contributed by atoms with Crippen molar-refractivity contribution >= 4 is 29.1 Å². The van der Waals surface area contributed by atoms with Gasteiger partial charge in [-0.2, -0.15) is 0 Å². The monoisotopic (exact) mass is 373 g/mol. The Labute approximate surface area is 157 Å². The average Bonchev–Trinajstić information content (AvgIpc) is 2.68. The normalized spacial score (nSPS) is 19.8. The molecule has 1 aromatic heterocycles. The van der Waals surface area contributed by atoms with E-state index < -0.39 is 0 Å². The first-order chi connectivity index (χ1) is 12.6. The molecule has 0 saturated carbocycles. The highest BCUT2D eigenvalue weighted by Gasteiger charge is 2.34. The minimum atomic E-state index is -0.0314. The van der Waals surface area contributed by atoms with Gasteiger partial charge < -0.3 is 14.5 Å². The standard InChI is InChI=1S/C18H20ClN5O2/c1-13-11-26-16-10-14(19)2-3-15(16)24(13)18(25)23-8-6-22(7-9-23)17-4-5-20-12-21-17/h2-5,10,12-13H,6-9,11H2,1H3. The zero-order chi connectivity index (χ0) is 18.1. The first-order valence-corrected chi connectivity index (χ1v) is 9.03. The minimum absolute atomic E-state index is 0.00621. The van der Waals surface area contributed by atoms with Gasteiger partial charge in [0, 0.05) is 43.5 Å². The molecular weight excluding hydrogens is 354 g/mol. The summed E-state index contributed by atoms with van der Waals surface area (Å²) < 4.78 is 5.74. The average molecular weight is 374 g/mol. The van der Waals surface area contributed by atoms with E-state index in [1.807, 2.05) is 28.9 Å². The van der Waals surface area contributed by atoms with Gasteiger partial charge in [0.15, 0.2) is 0 Å². The molecule has 0 aliphatic carbocycles. The maximum absolute atomic E-state index is 13.2. The number of ether oxygens (including phenoxy) is 1. The molecule has 1 aromatic carbocycles.